The number of rotatable bonds is 4. The van der Waals surface area contributed by atoms with Crippen LogP contribution in [0.25, 0.3) is 17.2 Å². The van der Waals surface area contributed by atoms with Gasteiger partial charge in [0.25, 0.3) is 5.89 Å². The molecule has 1 heterocycles. The molecule has 2 aromatic carbocycles. The lowest BCUT2D eigenvalue weighted by atomic mass is 10.2. The molecule has 7 nitrogen and oxygen atoms in total. The summed E-state index contributed by atoms with van der Waals surface area (Å²) in [4.78, 5) is 4.12. The van der Waals surface area contributed by atoms with Crippen LogP contribution in [0.4, 0.5) is 11.4 Å². The van der Waals surface area contributed by atoms with Crippen LogP contribution in [-0.2, 0) is 4.74 Å². The van der Waals surface area contributed by atoms with Gasteiger partial charge in [-0.3, -0.25) is 4.99 Å². The number of anilines is 2. The van der Waals surface area contributed by atoms with Gasteiger partial charge in [-0.25, -0.2) is 0 Å². The number of benzene rings is 2. The third kappa shape index (κ3) is 3.66. The fourth-order valence-electron chi connectivity index (χ4n) is 2.10. The van der Waals surface area contributed by atoms with Crippen LogP contribution < -0.4 is 11.5 Å². The molecule has 0 radical (unpaired) electrons. The van der Waals surface area contributed by atoms with E-state index in [1.165, 1.54) is 0 Å². The molecule has 25 heavy (non-hydrogen) atoms. The minimum absolute atomic E-state index is 0.170. The molecule has 0 aliphatic carbocycles. The number of nitrogens with two attached hydrogens (primary N) is 2. The van der Waals surface area contributed by atoms with Crippen molar-refractivity contribution in [3.8, 4) is 11.5 Å². The van der Waals surface area contributed by atoms with E-state index in [0.29, 0.717) is 23.2 Å². The molecule has 126 valence electrons. The van der Waals surface area contributed by atoms with E-state index in [2.05, 4.69) is 21.8 Å². The Morgan fingerprint density at radius 3 is 2.20 bits per heavy atom. The van der Waals surface area contributed by atoms with Crippen LogP contribution in [0.3, 0.4) is 0 Å². The van der Waals surface area contributed by atoms with Crippen molar-refractivity contribution in [2.24, 2.45) is 4.99 Å². The summed E-state index contributed by atoms with van der Waals surface area (Å²) >= 11 is 0. The predicted octanol–water partition coefficient (Wildman–Crippen LogP) is 2.96. The predicted molar refractivity (Wildman–Crippen MR) is 97.6 cm³/mol. The Kier molecular flexibility index (Phi) is 4.47. The van der Waals surface area contributed by atoms with Crippen LogP contribution in [0, 0.1) is 0 Å². The van der Waals surface area contributed by atoms with Crippen molar-refractivity contribution < 1.29 is 9.15 Å². The van der Waals surface area contributed by atoms with E-state index < -0.39 is 0 Å². The summed E-state index contributed by atoms with van der Waals surface area (Å²) in [6.07, 6.45) is 0. The van der Waals surface area contributed by atoms with Gasteiger partial charge in [0.2, 0.25) is 11.8 Å². The average Bonchev–Trinajstić information content (AvgIpc) is 3.11. The number of hydrogen-bond acceptors (Lipinski definition) is 7. The molecular formula is C18H17N5O2. The first-order chi connectivity index (χ1) is 12.1. The second kappa shape index (κ2) is 6.88. The van der Waals surface area contributed by atoms with Crippen LogP contribution >= 0.6 is 0 Å². The first-order valence-corrected chi connectivity index (χ1v) is 7.46. The summed E-state index contributed by atoms with van der Waals surface area (Å²) in [7, 11) is 1.62. The van der Waals surface area contributed by atoms with Crippen molar-refractivity contribution in [1.82, 2.24) is 10.2 Å². The van der Waals surface area contributed by atoms with Crippen molar-refractivity contribution in [3.05, 3.63) is 66.6 Å². The molecule has 0 fully saturated rings. The first-order valence-electron chi connectivity index (χ1n) is 7.46. The smallest absolute Gasteiger partial charge is 0.283 e. The van der Waals surface area contributed by atoms with E-state index >= 15 is 0 Å². The number of aliphatic imine (C=N–C) groups is 1. The number of nitrogens with zero attached hydrogens (tertiary/aromatic N) is 3. The van der Waals surface area contributed by atoms with E-state index in [1.54, 1.807) is 55.6 Å². The van der Waals surface area contributed by atoms with Crippen LogP contribution in [0.5, 0.6) is 0 Å². The first kappa shape index (κ1) is 16.3. The van der Waals surface area contributed by atoms with Crippen LogP contribution in [0.15, 0.2) is 64.5 Å². The fourth-order valence-corrected chi connectivity index (χ4v) is 2.10. The lowest BCUT2D eigenvalue weighted by molar-refractivity contribution is 0.457. The van der Waals surface area contributed by atoms with Gasteiger partial charge in [-0.05, 0) is 48.5 Å². The lowest BCUT2D eigenvalue weighted by Crippen LogP contribution is -2.06. The second-order valence-corrected chi connectivity index (χ2v) is 5.21. The fraction of sp³-hybridized carbons (Fsp3) is 0.0556. The third-order valence-electron chi connectivity index (χ3n) is 3.40. The Labute approximate surface area is 144 Å². The molecule has 0 saturated carbocycles. The Hall–Kier alpha value is -3.61. The Balaban J connectivity index is 1.77. The molecule has 0 unspecified atom stereocenters. The molecule has 0 aliphatic heterocycles. The van der Waals surface area contributed by atoms with Gasteiger partial charge in [-0.15, -0.1) is 10.2 Å². The summed E-state index contributed by atoms with van der Waals surface area (Å²) in [5, 5.41) is 7.96. The maximum absolute atomic E-state index is 5.69. The third-order valence-corrected chi connectivity index (χ3v) is 3.40. The lowest BCUT2D eigenvalue weighted by Gasteiger charge is -2.08. The quantitative estimate of drug-likeness (QED) is 0.328. The number of aromatic nitrogens is 2. The number of ether oxygens (including phenoxy) is 1. The topological polar surface area (TPSA) is 113 Å². The van der Waals surface area contributed by atoms with E-state index in [4.69, 9.17) is 20.6 Å². The van der Waals surface area contributed by atoms with Gasteiger partial charge in [0, 0.05) is 29.5 Å². The molecule has 0 aliphatic rings. The van der Waals surface area contributed by atoms with Crippen molar-refractivity contribution >= 4 is 23.0 Å². The zero-order chi connectivity index (χ0) is 17.8. The maximum atomic E-state index is 5.69. The summed E-state index contributed by atoms with van der Waals surface area (Å²) in [6.45, 7) is 3.83. The molecule has 7 heteroatoms. The van der Waals surface area contributed by atoms with Gasteiger partial charge in [-0.1, -0.05) is 6.58 Å². The average molecular weight is 335 g/mol. The molecule has 4 N–H and O–H groups in total. The SMILES string of the molecule is C=C(OC(=NC)c1ccc(N)cc1)c1nnc(-c2ccc(N)cc2)o1. The van der Waals surface area contributed by atoms with E-state index in [-0.39, 0.29) is 11.6 Å². The van der Waals surface area contributed by atoms with Gasteiger partial charge in [0.05, 0.1) is 0 Å². The molecule has 3 rings (SSSR count). The van der Waals surface area contributed by atoms with Crippen molar-refractivity contribution in [1.29, 1.82) is 0 Å². The minimum atomic E-state index is 0.170. The molecule has 0 amide bonds. The van der Waals surface area contributed by atoms with E-state index in [1.807, 2.05) is 0 Å². The summed E-state index contributed by atoms with van der Waals surface area (Å²) in [5.74, 6) is 1.09. The van der Waals surface area contributed by atoms with Crippen LogP contribution in [0.2, 0.25) is 0 Å². The van der Waals surface area contributed by atoms with Gasteiger partial charge in [0.1, 0.15) is 0 Å². The highest BCUT2D eigenvalue weighted by molar-refractivity contribution is 5.97. The van der Waals surface area contributed by atoms with Crippen molar-refractivity contribution in [3.63, 3.8) is 0 Å². The standard InChI is InChI=1S/C18H17N5O2/c1-11(24-17(21-2)12-3-7-14(19)8-4-12)16-22-23-18(25-16)13-5-9-15(20)10-6-13/h3-10H,1,19-20H2,2H3. The Morgan fingerprint density at radius 2 is 1.60 bits per heavy atom. The Morgan fingerprint density at radius 1 is 1.00 bits per heavy atom. The largest absolute Gasteiger partial charge is 0.434 e. The van der Waals surface area contributed by atoms with Gasteiger partial charge in [-0.2, -0.15) is 0 Å². The van der Waals surface area contributed by atoms with Crippen LogP contribution in [0.1, 0.15) is 11.5 Å². The second-order valence-electron chi connectivity index (χ2n) is 5.21. The summed E-state index contributed by atoms with van der Waals surface area (Å²) in [6, 6.07) is 14.2. The molecule has 0 bridgehead atoms. The highest BCUT2D eigenvalue weighted by atomic mass is 16.5. The molecule has 0 spiro atoms. The minimum Gasteiger partial charge on any atom is -0.434 e. The molecule has 3 aromatic rings. The van der Waals surface area contributed by atoms with E-state index in [0.717, 1.165) is 11.1 Å². The summed E-state index contributed by atoms with van der Waals surface area (Å²) < 4.78 is 11.3. The van der Waals surface area contributed by atoms with Gasteiger partial charge in [0.15, 0.2) is 5.76 Å². The zero-order valence-corrected chi connectivity index (χ0v) is 13.6. The number of hydrogen-bond donors (Lipinski definition) is 2. The monoisotopic (exact) mass is 335 g/mol. The van der Waals surface area contributed by atoms with Gasteiger partial charge < -0.3 is 20.6 Å². The Bertz CT molecular complexity index is 911. The van der Waals surface area contributed by atoms with Crippen molar-refractivity contribution in [2.45, 2.75) is 0 Å². The highest BCUT2D eigenvalue weighted by Gasteiger charge is 2.15. The molecule has 0 saturated heterocycles. The number of nitrogen functional groups attached to an aromatic ring is 2. The van der Waals surface area contributed by atoms with E-state index in [9.17, 15) is 0 Å². The zero-order valence-electron chi connectivity index (χ0n) is 13.6. The molecule has 1 aromatic heterocycles. The molecular weight excluding hydrogens is 318 g/mol. The van der Waals surface area contributed by atoms with Crippen LogP contribution in [-0.4, -0.2) is 23.1 Å². The highest BCUT2D eigenvalue weighted by Crippen LogP contribution is 2.23. The maximum Gasteiger partial charge on any atom is 0.283 e. The normalized spacial score (nSPS) is 11.3. The summed E-state index contributed by atoms with van der Waals surface area (Å²) in [5.41, 5.74) is 14.2. The van der Waals surface area contributed by atoms with Crippen molar-refractivity contribution in [2.75, 3.05) is 18.5 Å². The molecule has 0 atom stereocenters. The van der Waals surface area contributed by atoms with Gasteiger partial charge >= 0.3 is 0 Å².